The third kappa shape index (κ3) is 2.78. The molecule has 0 aromatic heterocycles. The standard InChI is InChI=1S/C11H12F2N2O4/c1-11(2,3)14(10(16)17)9-6(12)4-5-7(8(9)13)15(18)19/h4-5H,1-3H3,(H,16,17). The van der Waals surface area contributed by atoms with Gasteiger partial charge in [-0.1, -0.05) is 0 Å². The summed E-state index contributed by atoms with van der Waals surface area (Å²) in [5.41, 5.74) is -3.09. The Labute approximate surface area is 107 Å². The smallest absolute Gasteiger partial charge is 0.412 e. The number of nitro benzene ring substituents is 1. The highest BCUT2D eigenvalue weighted by Crippen LogP contribution is 2.34. The van der Waals surface area contributed by atoms with Gasteiger partial charge >= 0.3 is 11.8 Å². The van der Waals surface area contributed by atoms with Gasteiger partial charge in [0.1, 0.15) is 5.69 Å². The Morgan fingerprint density at radius 2 is 1.89 bits per heavy atom. The topological polar surface area (TPSA) is 83.7 Å². The molecule has 0 aliphatic heterocycles. The van der Waals surface area contributed by atoms with Crippen LogP contribution in [0, 0.1) is 21.7 Å². The molecule has 8 heteroatoms. The lowest BCUT2D eigenvalue weighted by Gasteiger charge is -2.33. The largest absolute Gasteiger partial charge is 0.465 e. The van der Waals surface area contributed by atoms with Crippen molar-refractivity contribution in [3.05, 3.63) is 33.9 Å². The van der Waals surface area contributed by atoms with E-state index in [-0.39, 0.29) is 0 Å². The second-order valence-electron chi connectivity index (χ2n) is 4.78. The SMILES string of the molecule is CC(C)(C)N(C(=O)O)c1c(F)ccc([N+](=O)[O-])c1F. The van der Waals surface area contributed by atoms with Gasteiger partial charge in [-0.15, -0.1) is 0 Å². The summed E-state index contributed by atoms with van der Waals surface area (Å²) in [7, 11) is 0. The van der Waals surface area contributed by atoms with E-state index in [9.17, 15) is 23.7 Å². The minimum absolute atomic E-state index is 0.421. The van der Waals surface area contributed by atoms with Crippen LogP contribution in [0.1, 0.15) is 20.8 Å². The Hall–Kier alpha value is -2.25. The van der Waals surface area contributed by atoms with Gasteiger partial charge in [0.2, 0.25) is 5.82 Å². The van der Waals surface area contributed by atoms with Gasteiger partial charge in [0.25, 0.3) is 0 Å². The van der Waals surface area contributed by atoms with E-state index < -0.39 is 39.6 Å². The number of nitrogens with zero attached hydrogens (tertiary/aromatic N) is 2. The van der Waals surface area contributed by atoms with Gasteiger partial charge in [0.05, 0.1) is 4.92 Å². The van der Waals surface area contributed by atoms with Crippen LogP contribution in [0.15, 0.2) is 12.1 Å². The number of anilines is 1. The van der Waals surface area contributed by atoms with Crippen molar-refractivity contribution in [3.63, 3.8) is 0 Å². The Kier molecular flexibility index (Phi) is 3.73. The summed E-state index contributed by atoms with van der Waals surface area (Å²) < 4.78 is 27.6. The Bertz CT molecular complexity index is 540. The third-order valence-electron chi connectivity index (χ3n) is 2.33. The third-order valence-corrected chi connectivity index (χ3v) is 2.33. The predicted octanol–water partition coefficient (Wildman–Crippen LogP) is 3.16. The molecule has 0 bridgehead atoms. The van der Waals surface area contributed by atoms with Gasteiger partial charge < -0.3 is 5.11 Å². The quantitative estimate of drug-likeness (QED) is 0.663. The van der Waals surface area contributed by atoms with Crippen molar-refractivity contribution < 1.29 is 23.6 Å². The maximum absolute atomic E-state index is 13.9. The number of benzene rings is 1. The molecule has 1 amide bonds. The Morgan fingerprint density at radius 3 is 2.26 bits per heavy atom. The van der Waals surface area contributed by atoms with E-state index >= 15 is 0 Å². The van der Waals surface area contributed by atoms with Crippen LogP contribution in [0.2, 0.25) is 0 Å². The first-order valence-corrected chi connectivity index (χ1v) is 5.23. The van der Waals surface area contributed by atoms with Crippen molar-refractivity contribution in [2.24, 2.45) is 0 Å². The normalized spacial score (nSPS) is 11.2. The van der Waals surface area contributed by atoms with Gasteiger partial charge in [0.15, 0.2) is 5.82 Å². The van der Waals surface area contributed by atoms with Crippen molar-refractivity contribution >= 4 is 17.5 Å². The molecule has 0 radical (unpaired) electrons. The summed E-state index contributed by atoms with van der Waals surface area (Å²) in [5, 5.41) is 19.7. The first-order chi connectivity index (χ1) is 8.57. The van der Waals surface area contributed by atoms with Crippen molar-refractivity contribution in [1.82, 2.24) is 0 Å². The second kappa shape index (κ2) is 4.79. The molecule has 19 heavy (non-hydrogen) atoms. The number of rotatable bonds is 2. The monoisotopic (exact) mass is 274 g/mol. The molecule has 0 heterocycles. The van der Waals surface area contributed by atoms with Crippen LogP contribution in [0.4, 0.5) is 25.0 Å². The average Bonchev–Trinajstić information content (AvgIpc) is 2.20. The number of halogens is 2. The lowest BCUT2D eigenvalue weighted by Crippen LogP contribution is -2.46. The summed E-state index contributed by atoms with van der Waals surface area (Å²) >= 11 is 0. The molecule has 1 rings (SSSR count). The van der Waals surface area contributed by atoms with Crippen molar-refractivity contribution in [2.75, 3.05) is 4.90 Å². The van der Waals surface area contributed by atoms with E-state index in [4.69, 9.17) is 5.11 Å². The molecule has 0 spiro atoms. The highest BCUT2D eigenvalue weighted by Gasteiger charge is 2.35. The van der Waals surface area contributed by atoms with Crippen LogP contribution in [-0.2, 0) is 0 Å². The Morgan fingerprint density at radius 1 is 1.37 bits per heavy atom. The molecule has 0 aliphatic carbocycles. The Balaban J connectivity index is 3.60. The van der Waals surface area contributed by atoms with Crippen LogP contribution in [-0.4, -0.2) is 21.7 Å². The molecule has 6 nitrogen and oxygen atoms in total. The molecule has 0 atom stereocenters. The van der Waals surface area contributed by atoms with Gasteiger partial charge in [-0.05, 0) is 26.8 Å². The van der Waals surface area contributed by atoms with Gasteiger partial charge in [-0.2, -0.15) is 4.39 Å². The van der Waals surface area contributed by atoms with Crippen LogP contribution >= 0.6 is 0 Å². The van der Waals surface area contributed by atoms with Gasteiger partial charge in [-0.3, -0.25) is 15.0 Å². The van der Waals surface area contributed by atoms with Crippen LogP contribution < -0.4 is 4.90 Å². The van der Waals surface area contributed by atoms with Crippen molar-refractivity contribution in [2.45, 2.75) is 26.3 Å². The number of amides is 1. The molecule has 0 saturated carbocycles. The number of carboxylic acid groups (broad SMARTS) is 1. The van der Waals surface area contributed by atoms with Crippen LogP contribution in [0.5, 0.6) is 0 Å². The fraction of sp³-hybridized carbons (Fsp3) is 0.364. The first kappa shape index (κ1) is 14.8. The molecule has 0 fully saturated rings. The zero-order valence-corrected chi connectivity index (χ0v) is 10.5. The summed E-state index contributed by atoms with van der Waals surface area (Å²) in [6.45, 7) is 4.25. The number of hydrogen-bond acceptors (Lipinski definition) is 3. The molecule has 0 aliphatic rings. The average molecular weight is 274 g/mol. The number of hydrogen-bond donors (Lipinski definition) is 1. The minimum Gasteiger partial charge on any atom is -0.465 e. The number of nitro groups is 1. The number of carbonyl (C=O) groups is 1. The second-order valence-corrected chi connectivity index (χ2v) is 4.78. The zero-order chi connectivity index (χ0) is 15.0. The zero-order valence-electron chi connectivity index (χ0n) is 10.5. The fourth-order valence-corrected chi connectivity index (χ4v) is 1.59. The molecule has 1 aromatic rings. The van der Waals surface area contributed by atoms with E-state index in [2.05, 4.69) is 0 Å². The van der Waals surface area contributed by atoms with E-state index in [0.717, 1.165) is 0 Å². The molecule has 104 valence electrons. The summed E-state index contributed by atoms with van der Waals surface area (Å²) in [6, 6.07) is 1.31. The van der Waals surface area contributed by atoms with Crippen LogP contribution in [0.3, 0.4) is 0 Å². The molecular weight excluding hydrogens is 262 g/mol. The first-order valence-electron chi connectivity index (χ1n) is 5.23. The summed E-state index contributed by atoms with van der Waals surface area (Å²) in [5.74, 6) is -2.69. The lowest BCUT2D eigenvalue weighted by molar-refractivity contribution is -0.387. The van der Waals surface area contributed by atoms with Crippen molar-refractivity contribution in [3.8, 4) is 0 Å². The van der Waals surface area contributed by atoms with E-state index in [1.54, 1.807) is 0 Å². The van der Waals surface area contributed by atoms with E-state index in [1.807, 2.05) is 0 Å². The minimum atomic E-state index is -1.61. The highest BCUT2D eigenvalue weighted by atomic mass is 19.1. The predicted molar refractivity (Wildman–Crippen MR) is 63.3 cm³/mol. The maximum Gasteiger partial charge on any atom is 0.412 e. The fourth-order valence-electron chi connectivity index (χ4n) is 1.59. The molecular formula is C11H12F2N2O4. The molecule has 1 aromatic carbocycles. The molecule has 1 N–H and O–H groups in total. The van der Waals surface area contributed by atoms with Gasteiger partial charge in [0, 0.05) is 11.6 Å². The van der Waals surface area contributed by atoms with E-state index in [1.165, 1.54) is 20.8 Å². The summed E-state index contributed by atoms with van der Waals surface area (Å²) in [4.78, 5) is 21.1. The van der Waals surface area contributed by atoms with Crippen molar-refractivity contribution in [1.29, 1.82) is 0 Å². The summed E-state index contributed by atoms with van der Waals surface area (Å²) in [6.07, 6.45) is -1.61. The maximum atomic E-state index is 13.9. The highest BCUT2D eigenvalue weighted by molar-refractivity contribution is 5.88. The molecule has 0 unspecified atom stereocenters. The van der Waals surface area contributed by atoms with Gasteiger partial charge in [-0.25, -0.2) is 9.18 Å². The van der Waals surface area contributed by atoms with E-state index in [0.29, 0.717) is 17.0 Å². The lowest BCUT2D eigenvalue weighted by atomic mass is 10.0. The van der Waals surface area contributed by atoms with Crippen LogP contribution in [0.25, 0.3) is 0 Å². The molecule has 0 saturated heterocycles.